The number of benzene rings is 2. The summed E-state index contributed by atoms with van der Waals surface area (Å²) in [6.45, 7) is 1.89. The van der Waals surface area contributed by atoms with Gasteiger partial charge >= 0.3 is 0 Å². The number of aromatic nitrogens is 2. The first-order chi connectivity index (χ1) is 14.7. The van der Waals surface area contributed by atoms with Crippen molar-refractivity contribution in [3.8, 4) is 5.69 Å². The minimum absolute atomic E-state index is 0.0808. The molecular formula is C25H25N3OS. The second-order valence-electron chi connectivity index (χ2n) is 7.92. The summed E-state index contributed by atoms with van der Waals surface area (Å²) in [6.07, 6.45) is 6.46. The first kappa shape index (κ1) is 19.1. The highest BCUT2D eigenvalue weighted by molar-refractivity contribution is 7.19. The molecule has 1 amide bonds. The molecule has 1 aliphatic carbocycles. The molecule has 2 aromatic carbocycles. The molecule has 0 saturated carbocycles. The first-order valence-corrected chi connectivity index (χ1v) is 11.5. The van der Waals surface area contributed by atoms with E-state index in [0.29, 0.717) is 6.42 Å². The van der Waals surface area contributed by atoms with E-state index in [1.54, 1.807) is 0 Å². The summed E-state index contributed by atoms with van der Waals surface area (Å²) < 4.78 is 3.37. The summed E-state index contributed by atoms with van der Waals surface area (Å²) in [5.41, 5.74) is 4.82. The Morgan fingerprint density at radius 1 is 1.20 bits per heavy atom. The Kier molecular flexibility index (Phi) is 5.13. The lowest BCUT2D eigenvalue weighted by atomic mass is 9.92. The quantitative estimate of drug-likeness (QED) is 0.462. The van der Waals surface area contributed by atoms with Gasteiger partial charge in [-0.2, -0.15) is 5.10 Å². The summed E-state index contributed by atoms with van der Waals surface area (Å²) in [4.78, 5) is 13.3. The lowest BCUT2D eigenvalue weighted by Crippen LogP contribution is -2.30. The van der Waals surface area contributed by atoms with Crippen LogP contribution in [0.2, 0.25) is 0 Å². The van der Waals surface area contributed by atoms with Gasteiger partial charge in [0, 0.05) is 33.7 Å². The molecule has 4 aromatic rings. The zero-order chi connectivity index (χ0) is 20.5. The van der Waals surface area contributed by atoms with E-state index in [0.717, 1.165) is 31.4 Å². The van der Waals surface area contributed by atoms with Gasteiger partial charge in [0.15, 0.2) is 0 Å². The predicted molar refractivity (Wildman–Crippen MR) is 122 cm³/mol. The average Bonchev–Trinajstić information content (AvgIpc) is 3.38. The van der Waals surface area contributed by atoms with Crippen LogP contribution in [-0.2, 0) is 17.6 Å². The van der Waals surface area contributed by atoms with E-state index in [1.807, 2.05) is 24.5 Å². The van der Waals surface area contributed by atoms with E-state index in [-0.39, 0.29) is 11.9 Å². The van der Waals surface area contributed by atoms with Gasteiger partial charge in [0.05, 0.1) is 17.9 Å². The maximum absolute atomic E-state index is 11.9. The Labute approximate surface area is 180 Å². The predicted octanol–water partition coefficient (Wildman–Crippen LogP) is 5.58. The fraction of sp³-hybridized carbons (Fsp3) is 0.280. The molecule has 5 heteroatoms. The van der Waals surface area contributed by atoms with Crippen molar-refractivity contribution in [1.82, 2.24) is 15.1 Å². The number of hydrogen-bond acceptors (Lipinski definition) is 3. The Morgan fingerprint density at radius 2 is 2.07 bits per heavy atom. The molecule has 0 aliphatic heterocycles. The van der Waals surface area contributed by atoms with Crippen molar-refractivity contribution in [3.05, 3.63) is 82.5 Å². The second kappa shape index (κ2) is 8.07. The van der Waals surface area contributed by atoms with Crippen LogP contribution in [0.3, 0.4) is 0 Å². The largest absolute Gasteiger partial charge is 0.349 e. The third kappa shape index (κ3) is 3.65. The molecule has 1 unspecified atom stereocenters. The number of nitrogens with one attached hydrogen (secondary N) is 1. The highest BCUT2D eigenvalue weighted by Crippen LogP contribution is 2.33. The highest BCUT2D eigenvalue weighted by atomic mass is 32.1. The summed E-state index contributed by atoms with van der Waals surface area (Å²) in [5.74, 6) is 0.103. The Bertz CT molecular complexity index is 1190. The van der Waals surface area contributed by atoms with Gasteiger partial charge in [-0.3, -0.25) is 4.79 Å². The van der Waals surface area contributed by atoms with E-state index < -0.39 is 0 Å². The van der Waals surface area contributed by atoms with Crippen molar-refractivity contribution in [3.63, 3.8) is 0 Å². The van der Waals surface area contributed by atoms with E-state index in [2.05, 4.69) is 64.6 Å². The number of rotatable bonds is 5. The van der Waals surface area contributed by atoms with Crippen LogP contribution in [0.15, 0.2) is 60.8 Å². The van der Waals surface area contributed by atoms with Gasteiger partial charge < -0.3 is 5.32 Å². The van der Waals surface area contributed by atoms with Gasteiger partial charge in [0.2, 0.25) is 5.91 Å². The van der Waals surface area contributed by atoms with Crippen LogP contribution in [0, 0.1) is 0 Å². The average molecular weight is 416 g/mol. The van der Waals surface area contributed by atoms with Gasteiger partial charge in [-0.1, -0.05) is 37.3 Å². The molecule has 5 rings (SSSR count). The molecule has 2 aromatic heterocycles. The third-order valence-electron chi connectivity index (χ3n) is 5.86. The lowest BCUT2D eigenvalue weighted by molar-refractivity contribution is -0.121. The summed E-state index contributed by atoms with van der Waals surface area (Å²) in [6, 6.07) is 19.6. The maximum atomic E-state index is 11.9. The molecule has 1 N–H and O–H groups in total. The molecule has 4 nitrogen and oxygen atoms in total. The minimum Gasteiger partial charge on any atom is -0.349 e. The van der Waals surface area contributed by atoms with Gasteiger partial charge in [0.1, 0.15) is 0 Å². The number of thiophene rings is 1. The van der Waals surface area contributed by atoms with E-state index in [4.69, 9.17) is 5.10 Å². The number of hydrogen-bond donors (Lipinski definition) is 1. The fourth-order valence-corrected chi connectivity index (χ4v) is 5.41. The standard InChI is InChI=1S/C25H25N3OS/c1-2-25(29)27-22-9-6-10-23-21(22)16-26-28(23)19-11-12-24-18(14-19)15-20(30-24)13-17-7-4-3-5-8-17/h3-5,7-8,11-12,14-16,22H,2,6,9-10,13H2,1H3,(H,27,29). The molecule has 30 heavy (non-hydrogen) atoms. The molecule has 0 saturated heterocycles. The van der Waals surface area contributed by atoms with Crippen LogP contribution in [0.4, 0.5) is 0 Å². The van der Waals surface area contributed by atoms with Crippen molar-refractivity contribution < 1.29 is 4.79 Å². The smallest absolute Gasteiger partial charge is 0.220 e. The number of amides is 1. The highest BCUT2D eigenvalue weighted by Gasteiger charge is 2.25. The van der Waals surface area contributed by atoms with E-state index in [9.17, 15) is 4.79 Å². The normalized spacial score (nSPS) is 15.8. The van der Waals surface area contributed by atoms with Gasteiger partial charge in [-0.05, 0) is 54.5 Å². The van der Waals surface area contributed by atoms with Crippen molar-refractivity contribution in [2.45, 2.75) is 45.1 Å². The Hall–Kier alpha value is -2.92. The molecule has 2 heterocycles. The van der Waals surface area contributed by atoms with Crippen LogP contribution < -0.4 is 5.32 Å². The van der Waals surface area contributed by atoms with Gasteiger partial charge in [-0.15, -0.1) is 11.3 Å². The monoisotopic (exact) mass is 415 g/mol. The molecular weight excluding hydrogens is 390 g/mol. The van der Waals surface area contributed by atoms with E-state index >= 15 is 0 Å². The topological polar surface area (TPSA) is 46.9 Å². The number of carbonyl (C=O) groups is 1. The van der Waals surface area contributed by atoms with Crippen LogP contribution in [0.1, 0.15) is 53.9 Å². The molecule has 0 fully saturated rings. The number of nitrogens with zero attached hydrogens (tertiary/aromatic N) is 2. The van der Waals surface area contributed by atoms with Crippen molar-refractivity contribution in [1.29, 1.82) is 0 Å². The first-order valence-electron chi connectivity index (χ1n) is 10.6. The fourth-order valence-electron chi connectivity index (χ4n) is 4.33. The van der Waals surface area contributed by atoms with Crippen LogP contribution in [0.5, 0.6) is 0 Å². The van der Waals surface area contributed by atoms with Crippen LogP contribution in [0.25, 0.3) is 15.8 Å². The SMILES string of the molecule is CCC(=O)NC1CCCc2c1cnn2-c1ccc2sc(Cc3ccccc3)cc2c1. The summed E-state index contributed by atoms with van der Waals surface area (Å²) in [5, 5.41) is 9.12. The van der Waals surface area contributed by atoms with Crippen LogP contribution >= 0.6 is 11.3 Å². The molecule has 1 aliphatic rings. The second-order valence-corrected chi connectivity index (χ2v) is 9.09. The maximum Gasteiger partial charge on any atom is 0.220 e. The van der Waals surface area contributed by atoms with Crippen molar-refractivity contribution in [2.24, 2.45) is 0 Å². The number of carbonyl (C=O) groups excluding carboxylic acids is 1. The lowest BCUT2D eigenvalue weighted by Gasteiger charge is -2.24. The number of fused-ring (bicyclic) bond motifs is 2. The van der Waals surface area contributed by atoms with Crippen molar-refractivity contribution >= 4 is 27.3 Å². The molecule has 1 atom stereocenters. The molecule has 0 bridgehead atoms. The van der Waals surface area contributed by atoms with Crippen molar-refractivity contribution in [2.75, 3.05) is 0 Å². The third-order valence-corrected chi connectivity index (χ3v) is 6.97. The Morgan fingerprint density at radius 3 is 2.90 bits per heavy atom. The molecule has 0 spiro atoms. The van der Waals surface area contributed by atoms with Gasteiger partial charge in [0.25, 0.3) is 0 Å². The molecule has 0 radical (unpaired) electrons. The minimum atomic E-state index is 0.0808. The summed E-state index contributed by atoms with van der Waals surface area (Å²) >= 11 is 1.86. The molecule has 152 valence electrons. The Balaban J connectivity index is 1.45. The zero-order valence-electron chi connectivity index (χ0n) is 17.1. The summed E-state index contributed by atoms with van der Waals surface area (Å²) in [7, 11) is 0. The van der Waals surface area contributed by atoms with E-state index in [1.165, 1.54) is 31.8 Å². The van der Waals surface area contributed by atoms with Gasteiger partial charge in [-0.25, -0.2) is 4.68 Å². The van der Waals surface area contributed by atoms with Crippen LogP contribution in [-0.4, -0.2) is 15.7 Å². The zero-order valence-corrected chi connectivity index (χ0v) is 17.9.